The standard InChI is InChI=1S/C16H34N4O3S.HI/c1-5-17-16(20-13-9-15(10-14-20)23-6-2)18-11-8-12-19(4)24(21,22)7-3;/h15H,5-14H2,1-4H3,(H,17,18);1H. The molecule has 0 spiro atoms. The number of nitrogens with one attached hydrogen (secondary N) is 1. The Morgan fingerprint density at radius 2 is 1.92 bits per heavy atom. The van der Waals surface area contributed by atoms with E-state index in [1.54, 1.807) is 14.0 Å². The highest BCUT2D eigenvalue weighted by atomic mass is 127. The van der Waals surface area contributed by atoms with Gasteiger partial charge < -0.3 is 15.0 Å². The van der Waals surface area contributed by atoms with Crippen molar-refractivity contribution in [3.05, 3.63) is 0 Å². The molecule has 0 aliphatic carbocycles. The maximum atomic E-state index is 11.7. The van der Waals surface area contributed by atoms with Crippen molar-refractivity contribution in [1.29, 1.82) is 0 Å². The zero-order valence-corrected chi connectivity index (χ0v) is 19.2. The van der Waals surface area contributed by atoms with Crippen LogP contribution < -0.4 is 5.32 Å². The van der Waals surface area contributed by atoms with Gasteiger partial charge in [0.2, 0.25) is 10.0 Å². The average molecular weight is 490 g/mol. The van der Waals surface area contributed by atoms with Gasteiger partial charge in [0.1, 0.15) is 0 Å². The Balaban J connectivity index is 0.00000576. The van der Waals surface area contributed by atoms with E-state index in [-0.39, 0.29) is 29.7 Å². The van der Waals surface area contributed by atoms with Crippen molar-refractivity contribution in [1.82, 2.24) is 14.5 Å². The molecule has 9 heteroatoms. The van der Waals surface area contributed by atoms with Crippen molar-refractivity contribution in [2.75, 3.05) is 52.1 Å². The maximum Gasteiger partial charge on any atom is 0.213 e. The van der Waals surface area contributed by atoms with Gasteiger partial charge in [-0.1, -0.05) is 0 Å². The number of aliphatic imine (C=N–C) groups is 1. The van der Waals surface area contributed by atoms with E-state index in [1.807, 2.05) is 6.92 Å². The van der Waals surface area contributed by atoms with Crippen molar-refractivity contribution >= 4 is 40.0 Å². The molecule has 1 aliphatic heterocycles. The van der Waals surface area contributed by atoms with Crippen molar-refractivity contribution in [2.24, 2.45) is 4.99 Å². The highest BCUT2D eigenvalue weighted by Gasteiger charge is 2.21. The van der Waals surface area contributed by atoms with Gasteiger partial charge in [0.25, 0.3) is 0 Å². The molecule has 0 aromatic rings. The van der Waals surface area contributed by atoms with Gasteiger partial charge in [-0.25, -0.2) is 12.7 Å². The molecule has 0 radical (unpaired) electrons. The zero-order valence-electron chi connectivity index (χ0n) is 16.0. The highest BCUT2D eigenvalue weighted by molar-refractivity contribution is 14.0. The average Bonchev–Trinajstić information content (AvgIpc) is 2.58. The van der Waals surface area contributed by atoms with Crippen LogP contribution in [0, 0.1) is 0 Å². The Bertz CT molecular complexity index is 480. The van der Waals surface area contributed by atoms with E-state index in [1.165, 1.54) is 4.31 Å². The third-order valence-electron chi connectivity index (χ3n) is 4.21. The topological polar surface area (TPSA) is 74.2 Å². The largest absolute Gasteiger partial charge is 0.378 e. The predicted molar refractivity (Wildman–Crippen MR) is 114 cm³/mol. The van der Waals surface area contributed by atoms with E-state index in [0.29, 0.717) is 19.2 Å². The summed E-state index contributed by atoms with van der Waals surface area (Å²) in [5, 5.41) is 3.33. The number of sulfonamides is 1. The maximum absolute atomic E-state index is 11.7. The van der Waals surface area contributed by atoms with Crippen LogP contribution in [-0.4, -0.2) is 81.8 Å². The predicted octanol–water partition coefficient (Wildman–Crippen LogP) is 1.74. The number of likely N-dealkylation sites (tertiary alicyclic amines) is 1. The summed E-state index contributed by atoms with van der Waals surface area (Å²) in [5.41, 5.74) is 0. The summed E-state index contributed by atoms with van der Waals surface area (Å²) in [7, 11) is -1.47. The second-order valence-electron chi connectivity index (χ2n) is 5.95. The van der Waals surface area contributed by atoms with Crippen LogP contribution in [0.1, 0.15) is 40.0 Å². The fourth-order valence-electron chi connectivity index (χ4n) is 2.73. The molecule has 1 N–H and O–H groups in total. The van der Waals surface area contributed by atoms with Crippen molar-refractivity contribution in [3.8, 4) is 0 Å². The number of hydrogen-bond acceptors (Lipinski definition) is 4. The van der Waals surface area contributed by atoms with Crippen molar-refractivity contribution in [3.63, 3.8) is 0 Å². The molecule has 1 heterocycles. The fourth-order valence-corrected chi connectivity index (χ4v) is 3.58. The van der Waals surface area contributed by atoms with Crippen LogP contribution in [0.5, 0.6) is 0 Å². The minimum Gasteiger partial charge on any atom is -0.378 e. The number of halogens is 1. The summed E-state index contributed by atoms with van der Waals surface area (Å²) in [4.78, 5) is 6.93. The SMILES string of the molecule is CCNC(=NCCCN(C)S(=O)(=O)CC)N1CCC(OCC)CC1.I. The molecular weight excluding hydrogens is 455 g/mol. The van der Waals surface area contributed by atoms with Gasteiger partial charge in [0.15, 0.2) is 5.96 Å². The number of nitrogens with zero attached hydrogens (tertiary/aromatic N) is 3. The summed E-state index contributed by atoms with van der Waals surface area (Å²) >= 11 is 0. The van der Waals surface area contributed by atoms with Gasteiger partial charge in [-0.15, -0.1) is 24.0 Å². The first-order chi connectivity index (χ1) is 11.4. The number of ether oxygens (including phenoxy) is 1. The van der Waals surface area contributed by atoms with E-state index < -0.39 is 10.0 Å². The molecule has 1 rings (SSSR count). The number of hydrogen-bond donors (Lipinski definition) is 1. The molecule has 0 amide bonds. The molecular formula is C16H35IN4O3S. The lowest BCUT2D eigenvalue weighted by molar-refractivity contribution is 0.0264. The van der Waals surface area contributed by atoms with Gasteiger partial charge in [-0.05, 0) is 40.0 Å². The minimum absolute atomic E-state index is 0. The molecule has 0 bridgehead atoms. The van der Waals surface area contributed by atoms with Gasteiger partial charge in [0, 0.05) is 46.4 Å². The molecule has 25 heavy (non-hydrogen) atoms. The molecule has 1 fully saturated rings. The molecule has 7 nitrogen and oxygen atoms in total. The van der Waals surface area contributed by atoms with Crippen LogP contribution in [0.2, 0.25) is 0 Å². The lowest BCUT2D eigenvalue weighted by Crippen LogP contribution is -2.47. The van der Waals surface area contributed by atoms with E-state index >= 15 is 0 Å². The zero-order chi connectivity index (χ0) is 18.0. The van der Waals surface area contributed by atoms with Gasteiger partial charge >= 0.3 is 0 Å². The van der Waals surface area contributed by atoms with Gasteiger partial charge in [-0.2, -0.15) is 0 Å². The second-order valence-corrected chi connectivity index (χ2v) is 8.32. The summed E-state index contributed by atoms with van der Waals surface area (Å²) in [6.45, 7) is 10.4. The fraction of sp³-hybridized carbons (Fsp3) is 0.938. The molecule has 1 aliphatic rings. The molecule has 0 atom stereocenters. The molecule has 0 saturated carbocycles. The van der Waals surface area contributed by atoms with Crippen LogP contribution >= 0.6 is 24.0 Å². The number of rotatable bonds is 9. The van der Waals surface area contributed by atoms with Crippen LogP contribution in [0.25, 0.3) is 0 Å². The molecule has 0 aromatic heterocycles. The highest BCUT2D eigenvalue weighted by Crippen LogP contribution is 2.13. The van der Waals surface area contributed by atoms with Crippen molar-refractivity contribution in [2.45, 2.75) is 46.1 Å². The molecule has 0 aromatic carbocycles. The molecule has 1 saturated heterocycles. The van der Waals surface area contributed by atoms with Gasteiger partial charge in [0.05, 0.1) is 11.9 Å². The Kier molecular flexibility index (Phi) is 13.0. The van der Waals surface area contributed by atoms with Crippen LogP contribution in [0.3, 0.4) is 0 Å². The lowest BCUT2D eigenvalue weighted by atomic mass is 10.1. The van der Waals surface area contributed by atoms with E-state index in [0.717, 1.165) is 51.5 Å². The molecule has 150 valence electrons. The smallest absolute Gasteiger partial charge is 0.213 e. The lowest BCUT2D eigenvalue weighted by Gasteiger charge is -2.34. The first-order valence-corrected chi connectivity index (χ1v) is 10.6. The van der Waals surface area contributed by atoms with E-state index in [9.17, 15) is 8.42 Å². The quantitative estimate of drug-likeness (QED) is 0.231. The van der Waals surface area contributed by atoms with E-state index in [2.05, 4.69) is 22.1 Å². The number of guanidine groups is 1. The van der Waals surface area contributed by atoms with Gasteiger partial charge in [-0.3, -0.25) is 4.99 Å². The minimum atomic E-state index is -3.10. The van der Waals surface area contributed by atoms with Crippen molar-refractivity contribution < 1.29 is 13.2 Å². The van der Waals surface area contributed by atoms with Crippen LogP contribution in [0.15, 0.2) is 4.99 Å². The van der Waals surface area contributed by atoms with E-state index in [4.69, 9.17) is 4.74 Å². The molecule has 0 unspecified atom stereocenters. The third-order valence-corrected chi connectivity index (χ3v) is 6.07. The monoisotopic (exact) mass is 490 g/mol. The summed E-state index contributed by atoms with van der Waals surface area (Å²) in [6.07, 6.45) is 3.13. The van der Waals surface area contributed by atoms with Crippen LogP contribution in [0.4, 0.5) is 0 Å². The first kappa shape index (κ1) is 24.9. The Morgan fingerprint density at radius 1 is 1.28 bits per heavy atom. The number of piperidine rings is 1. The second kappa shape index (κ2) is 13.1. The summed E-state index contributed by atoms with van der Waals surface area (Å²) in [6, 6.07) is 0. The summed E-state index contributed by atoms with van der Waals surface area (Å²) < 4.78 is 30.5. The normalized spacial score (nSPS) is 16.8. The Hall–Kier alpha value is -0.130. The Labute approximate surface area is 170 Å². The first-order valence-electron chi connectivity index (χ1n) is 9.03. The Morgan fingerprint density at radius 3 is 2.44 bits per heavy atom. The summed E-state index contributed by atoms with van der Waals surface area (Å²) in [5.74, 6) is 1.07. The van der Waals surface area contributed by atoms with Crippen LogP contribution in [-0.2, 0) is 14.8 Å². The third kappa shape index (κ3) is 8.87.